The van der Waals surface area contributed by atoms with Crippen LogP contribution in [-0.2, 0) is 9.53 Å². The van der Waals surface area contributed by atoms with Gasteiger partial charge in [0.25, 0.3) is 0 Å². The molecule has 6 heteroatoms. The van der Waals surface area contributed by atoms with E-state index in [1.807, 2.05) is 0 Å². The van der Waals surface area contributed by atoms with Gasteiger partial charge in [-0.3, -0.25) is 4.79 Å². The summed E-state index contributed by atoms with van der Waals surface area (Å²) in [6.07, 6.45) is 0.977. The van der Waals surface area contributed by atoms with E-state index in [0.717, 1.165) is 6.07 Å². The highest BCUT2D eigenvalue weighted by Crippen LogP contribution is 2.29. The highest BCUT2D eigenvalue weighted by molar-refractivity contribution is 5.75. The maximum absolute atomic E-state index is 13.6. The molecule has 104 valence electrons. The maximum atomic E-state index is 13.6. The Morgan fingerprint density at radius 1 is 1.26 bits per heavy atom. The lowest BCUT2D eigenvalue weighted by Crippen LogP contribution is -2.44. The summed E-state index contributed by atoms with van der Waals surface area (Å²) >= 11 is 0. The number of ether oxygens (including phenoxy) is 1. The van der Waals surface area contributed by atoms with Gasteiger partial charge in [0, 0.05) is 6.54 Å². The number of halogens is 3. The highest BCUT2D eigenvalue weighted by Gasteiger charge is 2.29. The molecule has 2 atom stereocenters. The molecule has 0 amide bonds. The Hall–Kier alpha value is -1.56. The number of rotatable bonds is 2. The molecule has 1 saturated heterocycles. The number of hydrogen-bond acceptors (Lipinski definition) is 3. The van der Waals surface area contributed by atoms with Crippen molar-refractivity contribution in [1.82, 2.24) is 5.32 Å². The highest BCUT2D eigenvalue weighted by atomic mass is 19.2. The molecule has 2 unspecified atom stereocenters. The van der Waals surface area contributed by atoms with Crippen LogP contribution < -0.4 is 5.32 Å². The Labute approximate surface area is 108 Å². The van der Waals surface area contributed by atoms with Crippen molar-refractivity contribution in [2.45, 2.75) is 24.8 Å². The molecule has 3 nitrogen and oxygen atoms in total. The van der Waals surface area contributed by atoms with Gasteiger partial charge in [-0.25, -0.2) is 13.2 Å². The van der Waals surface area contributed by atoms with Crippen LogP contribution in [-0.4, -0.2) is 25.7 Å². The summed E-state index contributed by atoms with van der Waals surface area (Å²) in [6.45, 7) is 0.321. The monoisotopic (exact) mass is 273 g/mol. The Morgan fingerprint density at radius 2 is 2.00 bits per heavy atom. The Bertz CT molecular complexity index is 485. The van der Waals surface area contributed by atoms with Crippen molar-refractivity contribution in [3.05, 3.63) is 35.1 Å². The van der Waals surface area contributed by atoms with Gasteiger partial charge in [0.05, 0.1) is 7.11 Å². The van der Waals surface area contributed by atoms with Gasteiger partial charge >= 0.3 is 5.97 Å². The molecule has 19 heavy (non-hydrogen) atoms. The van der Waals surface area contributed by atoms with E-state index in [0.29, 0.717) is 19.4 Å². The predicted molar refractivity (Wildman–Crippen MR) is 62.1 cm³/mol. The maximum Gasteiger partial charge on any atom is 0.322 e. The summed E-state index contributed by atoms with van der Waals surface area (Å²) < 4.78 is 44.2. The first-order chi connectivity index (χ1) is 9.04. The smallest absolute Gasteiger partial charge is 0.322 e. The molecule has 0 radical (unpaired) electrons. The van der Waals surface area contributed by atoms with Gasteiger partial charge < -0.3 is 10.1 Å². The molecule has 2 rings (SSSR count). The van der Waals surface area contributed by atoms with Gasteiger partial charge in [-0.05, 0) is 30.4 Å². The Balaban J connectivity index is 2.10. The van der Waals surface area contributed by atoms with Gasteiger partial charge in [-0.15, -0.1) is 0 Å². The van der Waals surface area contributed by atoms with Crippen molar-refractivity contribution >= 4 is 5.97 Å². The van der Waals surface area contributed by atoms with E-state index in [1.54, 1.807) is 0 Å². The summed E-state index contributed by atoms with van der Waals surface area (Å²) in [5.41, 5.74) is 0.134. The second-order valence-corrected chi connectivity index (χ2v) is 4.52. The third kappa shape index (κ3) is 2.73. The van der Waals surface area contributed by atoms with Crippen molar-refractivity contribution in [2.75, 3.05) is 13.7 Å². The molecule has 0 saturated carbocycles. The Morgan fingerprint density at radius 3 is 2.58 bits per heavy atom. The topological polar surface area (TPSA) is 38.3 Å². The summed E-state index contributed by atoms with van der Waals surface area (Å²) in [7, 11) is 1.30. The van der Waals surface area contributed by atoms with E-state index < -0.39 is 23.5 Å². The van der Waals surface area contributed by atoms with E-state index >= 15 is 0 Å². The standard InChI is InChI=1S/C13H14F3NO2/c1-19-13(18)10-5-2-7(6-17-10)8-3-4-9(14)12(16)11(8)15/h3-4,7,10,17H,2,5-6H2,1H3. The lowest BCUT2D eigenvalue weighted by atomic mass is 9.88. The van der Waals surface area contributed by atoms with Crippen molar-refractivity contribution in [1.29, 1.82) is 0 Å². The third-order valence-corrected chi connectivity index (χ3v) is 3.41. The number of methoxy groups -OCH3 is 1. The summed E-state index contributed by atoms with van der Waals surface area (Å²) in [4.78, 5) is 11.3. The van der Waals surface area contributed by atoms with E-state index in [9.17, 15) is 18.0 Å². The zero-order valence-electron chi connectivity index (χ0n) is 10.4. The predicted octanol–water partition coefficient (Wildman–Crippen LogP) is 2.11. The number of benzene rings is 1. The molecule has 1 aromatic rings. The average molecular weight is 273 g/mol. The molecule has 1 N–H and O–H groups in total. The number of carbonyl (C=O) groups is 1. The van der Waals surface area contributed by atoms with Crippen molar-refractivity contribution in [3.63, 3.8) is 0 Å². The van der Waals surface area contributed by atoms with E-state index in [4.69, 9.17) is 0 Å². The summed E-state index contributed by atoms with van der Waals surface area (Å²) in [5, 5.41) is 2.92. The van der Waals surface area contributed by atoms with Crippen LogP contribution in [0.2, 0.25) is 0 Å². The van der Waals surface area contributed by atoms with E-state index in [-0.39, 0.29) is 17.5 Å². The van der Waals surface area contributed by atoms with Crippen LogP contribution >= 0.6 is 0 Å². The molecule has 0 aliphatic carbocycles. The molecule has 1 fully saturated rings. The van der Waals surface area contributed by atoms with Crippen molar-refractivity contribution in [2.24, 2.45) is 0 Å². The summed E-state index contributed by atoms with van der Waals surface area (Å²) in [5.74, 6) is -4.45. The minimum Gasteiger partial charge on any atom is -0.468 e. The molecular formula is C13H14F3NO2. The molecule has 1 aliphatic heterocycles. The van der Waals surface area contributed by atoms with Gasteiger partial charge in [-0.1, -0.05) is 6.07 Å². The molecular weight excluding hydrogens is 259 g/mol. The van der Waals surface area contributed by atoms with Crippen LogP contribution in [0, 0.1) is 17.5 Å². The minimum absolute atomic E-state index is 0.134. The second-order valence-electron chi connectivity index (χ2n) is 4.52. The number of carbonyl (C=O) groups excluding carboxylic acids is 1. The number of piperidine rings is 1. The lowest BCUT2D eigenvalue weighted by Gasteiger charge is -2.28. The third-order valence-electron chi connectivity index (χ3n) is 3.41. The summed E-state index contributed by atoms with van der Waals surface area (Å²) in [6, 6.07) is 1.74. The fourth-order valence-corrected chi connectivity index (χ4v) is 2.32. The normalized spacial score (nSPS) is 23.2. The van der Waals surface area contributed by atoms with Gasteiger partial charge in [0.2, 0.25) is 0 Å². The molecule has 0 bridgehead atoms. The molecule has 1 heterocycles. The zero-order chi connectivity index (χ0) is 14.0. The fraction of sp³-hybridized carbons (Fsp3) is 0.462. The van der Waals surface area contributed by atoms with Crippen LogP contribution in [0.25, 0.3) is 0 Å². The first-order valence-electron chi connectivity index (χ1n) is 5.99. The van der Waals surface area contributed by atoms with E-state index in [1.165, 1.54) is 13.2 Å². The number of hydrogen-bond donors (Lipinski definition) is 1. The number of nitrogens with one attached hydrogen (secondary N) is 1. The van der Waals surface area contributed by atoms with Crippen molar-refractivity contribution in [3.8, 4) is 0 Å². The quantitative estimate of drug-likeness (QED) is 0.662. The van der Waals surface area contributed by atoms with Crippen LogP contribution in [0.5, 0.6) is 0 Å². The van der Waals surface area contributed by atoms with Crippen LogP contribution in [0.1, 0.15) is 24.3 Å². The largest absolute Gasteiger partial charge is 0.468 e. The first kappa shape index (κ1) is 13.9. The minimum atomic E-state index is -1.45. The first-order valence-corrected chi connectivity index (χ1v) is 5.99. The van der Waals surface area contributed by atoms with Crippen molar-refractivity contribution < 1.29 is 22.7 Å². The van der Waals surface area contributed by atoms with Crippen LogP contribution in [0.4, 0.5) is 13.2 Å². The van der Waals surface area contributed by atoms with Gasteiger partial charge in [0.1, 0.15) is 6.04 Å². The lowest BCUT2D eigenvalue weighted by molar-refractivity contribution is -0.143. The zero-order valence-corrected chi connectivity index (χ0v) is 10.4. The SMILES string of the molecule is COC(=O)C1CCC(c2ccc(F)c(F)c2F)CN1. The fourth-order valence-electron chi connectivity index (χ4n) is 2.32. The molecule has 1 aromatic carbocycles. The van der Waals surface area contributed by atoms with E-state index in [2.05, 4.69) is 10.1 Å². The second kappa shape index (κ2) is 5.61. The molecule has 1 aliphatic rings. The van der Waals surface area contributed by atoms with Crippen LogP contribution in [0.15, 0.2) is 12.1 Å². The van der Waals surface area contributed by atoms with Gasteiger partial charge in [0.15, 0.2) is 17.5 Å². The number of esters is 1. The van der Waals surface area contributed by atoms with Crippen LogP contribution in [0.3, 0.4) is 0 Å². The Kier molecular flexibility index (Phi) is 4.09. The molecule has 0 aromatic heterocycles. The van der Waals surface area contributed by atoms with Gasteiger partial charge in [-0.2, -0.15) is 0 Å². The molecule has 0 spiro atoms. The average Bonchev–Trinajstić information content (AvgIpc) is 2.44.